The maximum absolute atomic E-state index is 12.9. The van der Waals surface area contributed by atoms with Crippen LogP contribution in [0.25, 0.3) is 10.4 Å². The van der Waals surface area contributed by atoms with E-state index in [4.69, 9.17) is 46.5 Å². The van der Waals surface area contributed by atoms with Crippen molar-refractivity contribution in [2.24, 2.45) is 5.11 Å². The lowest BCUT2D eigenvalue weighted by atomic mass is 9.94. The van der Waals surface area contributed by atoms with Gasteiger partial charge in [-0.3, -0.25) is 8.37 Å². The van der Waals surface area contributed by atoms with Crippen LogP contribution in [0, 0.1) is 0 Å². The van der Waals surface area contributed by atoms with Crippen LogP contribution in [0.5, 0.6) is 34.5 Å². The quantitative estimate of drug-likeness (QED) is 0.0486. The fourth-order valence-electron chi connectivity index (χ4n) is 12.0. The van der Waals surface area contributed by atoms with Crippen molar-refractivity contribution in [2.75, 3.05) is 54.0 Å². The van der Waals surface area contributed by atoms with Crippen LogP contribution in [-0.4, -0.2) is 167 Å². The van der Waals surface area contributed by atoms with Crippen molar-refractivity contribution >= 4 is 94.4 Å². The third-order valence-corrected chi connectivity index (χ3v) is 16.5. The van der Waals surface area contributed by atoms with E-state index in [2.05, 4.69) is 36.3 Å². The maximum atomic E-state index is 12.9. The van der Waals surface area contributed by atoms with E-state index in [1.165, 1.54) is 9.80 Å². The number of halogens is 2. The summed E-state index contributed by atoms with van der Waals surface area (Å²) in [6.45, 7) is 17.3. The third-order valence-electron chi connectivity index (χ3n) is 15.7. The van der Waals surface area contributed by atoms with Crippen LogP contribution < -0.4 is 28.9 Å². The Labute approximate surface area is 564 Å². The minimum atomic E-state index is -1.87. The molecule has 3 amide bonds. The van der Waals surface area contributed by atoms with Gasteiger partial charge in [0.15, 0.2) is 34.5 Å². The number of piperidine rings is 3. The summed E-state index contributed by atoms with van der Waals surface area (Å²) in [6, 6.07) is 43.1. The van der Waals surface area contributed by atoms with E-state index in [9.17, 15) is 33.9 Å². The molecule has 506 valence electrons. The summed E-state index contributed by atoms with van der Waals surface area (Å²) >= 11 is -1.87. The minimum Gasteiger partial charge on any atom is -0.453 e. The van der Waals surface area contributed by atoms with Crippen molar-refractivity contribution in [3.8, 4) is 34.5 Å². The highest BCUT2D eigenvalue weighted by Gasteiger charge is 2.52. The summed E-state index contributed by atoms with van der Waals surface area (Å²) in [5, 5.41) is 36.3. The number of carbonyl (C=O) groups excluding carboxylic acids is 3. The van der Waals surface area contributed by atoms with Crippen LogP contribution >= 0.6 is 21.4 Å². The zero-order chi connectivity index (χ0) is 68.3. The van der Waals surface area contributed by atoms with E-state index in [-0.39, 0.29) is 38.8 Å². The van der Waals surface area contributed by atoms with E-state index in [1.807, 2.05) is 176 Å². The molecule has 13 rings (SSSR count). The molecular weight excluding hydrogens is 1310 g/mol. The average Bonchev–Trinajstić information content (AvgIpc) is 1.62. The molecule has 3 N–H and O–H groups in total. The van der Waals surface area contributed by atoms with Gasteiger partial charge >= 0.3 is 29.6 Å². The number of hydrogen-bond donors (Lipinski definition) is 3. The first-order valence-electron chi connectivity index (χ1n) is 30.5. The van der Waals surface area contributed by atoms with Gasteiger partial charge in [-0.25, -0.2) is 18.6 Å². The highest BCUT2D eigenvalue weighted by atomic mass is 36.0. The standard InChI is InChI=1S/C22H25N5O4.C22H24N2O6S.C22H26N2O5.Cl2OS/c1-22(2,3)31-21(29)26-12-14(24-25-23)20(28)17(13-26)27-15-8-4-6-10-18(15)30-19-11-7-5-9-16(19)27;1-22(2,3)28-21(25)23-12-16(20-19(13-23)29-31(26)30-20)24-14-8-4-6-10-17(14)27-18-11-7-5-9-15(18)24;1-22(2,3)29-21(27)23-12-16(20(26)17(25)13-23)24-14-8-4-6-10-18(14)28-19-11-7-5-9-15(19)24;1-4(2)3/h4-11,14,17,20,28H,12-13H2,1-3H3;4-11,16,19-20H,12-13H2,1-3H3;4-11,16-17,20,25-26H,12-13H2,1-3H3;/t14-,17+,20+;16-,19-,20+,31?;16-,17-,20+;/m011./s1. The molecule has 25 nitrogen and oxygen atoms in total. The fourth-order valence-corrected chi connectivity index (χ4v) is 12.8. The number of aliphatic hydroxyl groups is 3. The van der Waals surface area contributed by atoms with Gasteiger partial charge in [-0.2, -0.15) is 4.21 Å². The minimum absolute atomic E-state index is 0.0141. The molecule has 0 spiro atoms. The van der Waals surface area contributed by atoms with Gasteiger partial charge < -0.3 is 73.1 Å². The topological polar surface area (TPSA) is 288 Å². The van der Waals surface area contributed by atoms with Crippen molar-refractivity contribution in [3.63, 3.8) is 0 Å². The molecule has 29 heteroatoms. The Kier molecular flexibility index (Phi) is 21.4. The van der Waals surface area contributed by atoms with E-state index < -0.39 is 104 Å². The van der Waals surface area contributed by atoms with Crippen LogP contribution in [0.3, 0.4) is 0 Å². The van der Waals surface area contributed by atoms with Crippen molar-refractivity contribution < 1.29 is 74.9 Å². The summed E-state index contributed by atoms with van der Waals surface area (Å²) in [5.41, 5.74) is 11.8. The number of ether oxygens (including phenoxy) is 6. The lowest BCUT2D eigenvalue weighted by Crippen LogP contribution is -2.62. The molecule has 7 aliphatic rings. The second-order valence-electron chi connectivity index (χ2n) is 26.0. The van der Waals surface area contributed by atoms with Crippen molar-refractivity contribution in [3.05, 3.63) is 156 Å². The molecule has 7 aliphatic heterocycles. The number of aliphatic hydroxyl groups excluding tert-OH is 3. The molecule has 4 fully saturated rings. The number of benzene rings is 6. The molecule has 0 aromatic heterocycles. The van der Waals surface area contributed by atoms with Crippen molar-refractivity contribution in [1.29, 1.82) is 0 Å². The SMILES string of the molecule is CC(C)(C)OC(=O)N1C[C@@H](N2c3ccccc3Oc3ccccc32)[C@@H]2OS(=O)O[C@@H]2C1.CC(C)(C)OC(=O)N1C[C@@H](O)[C@@H](O)[C@H](N2c3ccccc3Oc3ccccc32)C1.CC(C)(C)OC(=O)N1C[C@H](N=[N+]=[N-])[C@@H](O)[C@H](N2c3ccccc3Oc3ccccc32)C1.O=S(Cl)Cl. The number of fused-ring (bicyclic) bond motifs is 7. The largest absolute Gasteiger partial charge is 0.453 e. The average molecular weight is 1390 g/mol. The molecule has 0 aliphatic carbocycles. The number of anilines is 6. The first-order chi connectivity index (χ1) is 45.1. The Morgan fingerprint density at radius 2 is 0.789 bits per heavy atom. The van der Waals surface area contributed by atoms with E-state index in [0.717, 1.165) is 34.1 Å². The second kappa shape index (κ2) is 29.1. The summed E-state index contributed by atoms with van der Waals surface area (Å²) in [5.74, 6) is 4.00. The molecule has 10 atom stereocenters. The molecule has 7 heterocycles. The number of likely N-dealkylation sites (tertiary alicyclic amines) is 3. The molecular formula is C66H75Cl2N9O16S2. The van der Waals surface area contributed by atoms with E-state index in [1.54, 1.807) is 46.4 Å². The highest BCUT2D eigenvalue weighted by Crippen LogP contribution is 2.52. The zero-order valence-electron chi connectivity index (χ0n) is 53.5. The summed E-state index contributed by atoms with van der Waals surface area (Å²) in [4.78, 5) is 51.8. The molecule has 0 radical (unpaired) electrons. The Balaban J connectivity index is 0.000000151. The van der Waals surface area contributed by atoms with E-state index in [0.29, 0.717) is 41.0 Å². The third kappa shape index (κ3) is 16.4. The number of rotatable bonds is 4. The van der Waals surface area contributed by atoms with Gasteiger partial charge in [0.05, 0.1) is 83.6 Å². The second-order valence-corrected chi connectivity index (χ2v) is 29.3. The predicted octanol–water partition coefficient (Wildman–Crippen LogP) is 12.8. The van der Waals surface area contributed by atoms with Crippen LogP contribution in [0.1, 0.15) is 62.3 Å². The predicted molar refractivity (Wildman–Crippen MR) is 359 cm³/mol. The number of para-hydroxylation sites is 12. The van der Waals surface area contributed by atoms with Crippen LogP contribution in [0.15, 0.2) is 151 Å². The maximum Gasteiger partial charge on any atom is 0.410 e. The first kappa shape index (κ1) is 69.7. The van der Waals surface area contributed by atoms with Gasteiger partial charge in [-0.15, -0.1) is 0 Å². The number of azide groups is 1. The van der Waals surface area contributed by atoms with Gasteiger partial charge in [0, 0.05) is 52.5 Å². The molecule has 0 bridgehead atoms. The highest BCUT2D eigenvalue weighted by molar-refractivity contribution is 8.26. The fraction of sp³-hybridized carbons (Fsp3) is 0.409. The monoisotopic (exact) mass is 1380 g/mol. The number of amides is 3. The van der Waals surface area contributed by atoms with E-state index >= 15 is 0 Å². The van der Waals surface area contributed by atoms with Crippen LogP contribution in [0.4, 0.5) is 48.5 Å². The van der Waals surface area contributed by atoms with Crippen LogP contribution in [0.2, 0.25) is 0 Å². The van der Waals surface area contributed by atoms with Gasteiger partial charge in [0.2, 0.25) is 9.23 Å². The number of β-amino-alcohol motifs (C(OH)–C–C–N with tert-alkyl or cyclic N) is 1. The molecule has 1 unspecified atom stereocenters. The lowest BCUT2D eigenvalue weighted by molar-refractivity contribution is -0.0563. The Morgan fingerprint density at radius 1 is 0.495 bits per heavy atom. The Morgan fingerprint density at radius 3 is 1.13 bits per heavy atom. The van der Waals surface area contributed by atoms with Crippen molar-refractivity contribution in [1.82, 2.24) is 14.7 Å². The normalized spacial score (nSPS) is 23.8. The molecule has 6 aromatic rings. The van der Waals surface area contributed by atoms with Gasteiger partial charge in [0.1, 0.15) is 35.1 Å². The molecule has 0 saturated carbocycles. The molecule has 6 aromatic carbocycles. The van der Waals surface area contributed by atoms with Gasteiger partial charge in [-0.05, 0) is 141 Å². The molecule has 4 saturated heterocycles. The summed E-state index contributed by atoms with van der Waals surface area (Å²) < 4.78 is 67.2. The molecule has 95 heavy (non-hydrogen) atoms. The van der Waals surface area contributed by atoms with Gasteiger partial charge in [0.25, 0.3) is 0 Å². The number of nitrogens with zero attached hydrogens (tertiary/aromatic N) is 9. The van der Waals surface area contributed by atoms with Crippen LogP contribution in [-0.2, 0) is 43.2 Å². The van der Waals surface area contributed by atoms with Crippen molar-refractivity contribution in [2.45, 2.75) is 134 Å². The first-order valence-corrected chi connectivity index (χ1v) is 34.3. The van der Waals surface area contributed by atoms with Gasteiger partial charge in [-0.1, -0.05) is 77.9 Å². The summed E-state index contributed by atoms with van der Waals surface area (Å²) in [7, 11) is 7.36. The summed E-state index contributed by atoms with van der Waals surface area (Å²) in [6.07, 6.45) is -5.63. The Bertz CT molecular complexity index is 3730. The smallest absolute Gasteiger partial charge is 0.410 e. The Hall–Kier alpha value is -8.08. The zero-order valence-corrected chi connectivity index (χ0v) is 56.7. The number of hydrogen-bond acceptors (Lipinski definition) is 20. The lowest BCUT2D eigenvalue weighted by Gasteiger charge is -2.47. The number of carbonyl (C=O) groups is 3.